The number of hydrogen-bond donors (Lipinski definition) is 0. The van der Waals surface area contributed by atoms with Crippen LogP contribution in [0.15, 0.2) is 29.1 Å². The molecule has 1 aliphatic rings. The van der Waals surface area contributed by atoms with Crippen LogP contribution in [0.2, 0.25) is 0 Å². The molecular weight excluding hydrogens is 336 g/mol. The summed E-state index contributed by atoms with van der Waals surface area (Å²) >= 11 is 0. The summed E-state index contributed by atoms with van der Waals surface area (Å²) in [5.41, 5.74) is 2.31. The van der Waals surface area contributed by atoms with E-state index in [1.807, 2.05) is 21.3 Å². The molecule has 1 aromatic carbocycles. The van der Waals surface area contributed by atoms with Gasteiger partial charge in [0.2, 0.25) is 0 Å². The van der Waals surface area contributed by atoms with Crippen molar-refractivity contribution in [3.63, 3.8) is 0 Å². The lowest BCUT2D eigenvalue weighted by Crippen LogP contribution is -2.32. The lowest BCUT2D eigenvalue weighted by atomic mass is 10.1. The summed E-state index contributed by atoms with van der Waals surface area (Å²) in [6.07, 6.45) is 6.05. The van der Waals surface area contributed by atoms with Gasteiger partial charge in [-0.3, -0.25) is 9.13 Å². The second-order valence-electron chi connectivity index (χ2n) is 8.08. The molecule has 1 fully saturated rings. The van der Waals surface area contributed by atoms with Gasteiger partial charge in [0, 0.05) is 12.6 Å². The van der Waals surface area contributed by atoms with Crippen molar-refractivity contribution in [2.75, 3.05) is 39.8 Å². The number of para-hydroxylation sites is 2. The fraction of sp³-hybridized carbons (Fsp3) is 0.682. The summed E-state index contributed by atoms with van der Waals surface area (Å²) in [6.45, 7) is 10.8. The first-order chi connectivity index (χ1) is 13.1. The van der Waals surface area contributed by atoms with Crippen molar-refractivity contribution in [1.82, 2.24) is 18.9 Å². The van der Waals surface area contributed by atoms with Gasteiger partial charge in [0.15, 0.2) is 0 Å². The molecule has 0 bridgehead atoms. The molecule has 0 amide bonds. The summed E-state index contributed by atoms with van der Waals surface area (Å²) in [5, 5.41) is 0. The van der Waals surface area contributed by atoms with Gasteiger partial charge in [-0.2, -0.15) is 0 Å². The first-order valence-corrected chi connectivity index (χ1v) is 10.7. The van der Waals surface area contributed by atoms with E-state index in [0.29, 0.717) is 0 Å². The lowest BCUT2D eigenvalue weighted by Gasteiger charge is -2.26. The number of hydrogen-bond acceptors (Lipinski definition) is 3. The van der Waals surface area contributed by atoms with Gasteiger partial charge in [-0.25, -0.2) is 4.79 Å². The number of benzene rings is 1. The standard InChI is InChI=1S/C22H36N4O/c1-4-23(3)18-13-19(2)26-21-12-7-6-11-20(21)25(22(26)27)17-10-16-24-14-8-5-9-15-24/h6-7,11-12,19H,4-5,8-10,13-18H2,1-3H3. The third-order valence-corrected chi connectivity index (χ3v) is 6.08. The molecule has 27 heavy (non-hydrogen) atoms. The molecular formula is C22H36N4O. The molecule has 1 saturated heterocycles. The van der Waals surface area contributed by atoms with Crippen molar-refractivity contribution < 1.29 is 0 Å². The molecule has 5 heteroatoms. The highest BCUT2D eigenvalue weighted by Gasteiger charge is 2.18. The van der Waals surface area contributed by atoms with Crippen LogP contribution in [-0.4, -0.2) is 58.7 Å². The highest BCUT2D eigenvalue weighted by molar-refractivity contribution is 5.76. The van der Waals surface area contributed by atoms with Crippen molar-refractivity contribution in [2.24, 2.45) is 0 Å². The molecule has 0 saturated carbocycles. The number of aromatic nitrogens is 2. The summed E-state index contributed by atoms with van der Waals surface area (Å²) < 4.78 is 4.01. The fourth-order valence-electron chi connectivity index (χ4n) is 4.20. The Labute approximate surface area is 163 Å². The summed E-state index contributed by atoms with van der Waals surface area (Å²) in [6, 6.07) is 8.49. The maximum Gasteiger partial charge on any atom is 0.329 e. The smallest absolute Gasteiger partial charge is 0.307 e. The first-order valence-electron chi connectivity index (χ1n) is 10.7. The molecule has 3 rings (SSSR count). The van der Waals surface area contributed by atoms with Crippen molar-refractivity contribution in [2.45, 2.75) is 58.5 Å². The number of nitrogens with zero attached hydrogens (tertiary/aromatic N) is 4. The Bertz CT molecular complexity index is 772. The quantitative estimate of drug-likeness (QED) is 0.675. The van der Waals surface area contributed by atoms with Crippen molar-refractivity contribution in [3.05, 3.63) is 34.7 Å². The van der Waals surface area contributed by atoms with Gasteiger partial charge < -0.3 is 9.80 Å². The molecule has 0 spiro atoms. The highest BCUT2D eigenvalue weighted by Crippen LogP contribution is 2.20. The van der Waals surface area contributed by atoms with Gasteiger partial charge in [-0.05, 0) is 84.5 Å². The maximum absolute atomic E-state index is 13.2. The lowest BCUT2D eigenvalue weighted by molar-refractivity contribution is 0.222. The zero-order valence-corrected chi connectivity index (χ0v) is 17.4. The average molecular weight is 373 g/mol. The van der Waals surface area contributed by atoms with Crippen LogP contribution in [0.3, 0.4) is 0 Å². The SMILES string of the molecule is CCN(C)CCC(C)n1c(=O)n(CCCN2CCCCC2)c2ccccc21. The fourth-order valence-corrected chi connectivity index (χ4v) is 4.20. The van der Waals surface area contributed by atoms with Gasteiger partial charge in [0.1, 0.15) is 0 Å². The molecule has 5 nitrogen and oxygen atoms in total. The van der Waals surface area contributed by atoms with Crippen LogP contribution in [0.1, 0.15) is 52.0 Å². The summed E-state index contributed by atoms with van der Waals surface area (Å²) in [7, 11) is 2.14. The minimum atomic E-state index is 0.154. The van der Waals surface area contributed by atoms with Crippen LogP contribution < -0.4 is 5.69 Å². The van der Waals surface area contributed by atoms with Gasteiger partial charge in [0.25, 0.3) is 0 Å². The molecule has 2 aromatic rings. The van der Waals surface area contributed by atoms with Crippen LogP contribution >= 0.6 is 0 Å². The Balaban J connectivity index is 1.75. The van der Waals surface area contributed by atoms with Gasteiger partial charge >= 0.3 is 5.69 Å². The van der Waals surface area contributed by atoms with Crippen LogP contribution in [0.5, 0.6) is 0 Å². The predicted molar refractivity (Wildman–Crippen MR) is 114 cm³/mol. The van der Waals surface area contributed by atoms with E-state index in [0.717, 1.165) is 50.1 Å². The third-order valence-electron chi connectivity index (χ3n) is 6.08. The van der Waals surface area contributed by atoms with E-state index in [1.54, 1.807) is 0 Å². The number of aryl methyl sites for hydroxylation is 1. The first kappa shape index (κ1) is 20.2. The molecule has 1 aromatic heterocycles. The second kappa shape index (κ2) is 9.56. The van der Waals surface area contributed by atoms with Crippen LogP contribution in [0.25, 0.3) is 11.0 Å². The van der Waals surface area contributed by atoms with Crippen LogP contribution in [0.4, 0.5) is 0 Å². The number of fused-ring (bicyclic) bond motifs is 1. The summed E-state index contributed by atoms with van der Waals surface area (Å²) in [5.74, 6) is 0. The van der Waals surface area contributed by atoms with E-state index >= 15 is 0 Å². The van der Waals surface area contributed by atoms with E-state index in [9.17, 15) is 4.79 Å². The maximum atomic E-state index is 13.2. The zero-order chi connectivity index (χ0) is 19.2. The van der Waals surface area contributed by atoms with Gasteiger partial charge in [0.05, 0.1) is 11.0 Å². The topological polar surface area (TPSA) is 33.4 Å². The third kappa shape index (κ3) is 4.82. The van der Waals surface area contributed by atoms with Gasteiger partial charge in [-0.1, -0.05) is 25.5 Å². The Morgan fingerprint density at radius 1 is 1.07 bits per heavy atom. The Morgan fingerprint density at radius 3 is 2.48 bits per heavy atom. The monoisotopic (exact) mass is 372 g/mol. The zero-order valence-electron chi connectivity index (χ0n) is 17.4. The average Bonchev–Trinajstić information content (AvgIpc) is 2.98. The molecule has 150 valence electrons. The van der Waals surface area contributed by atoms with E-state index in [2.05, 4.69) is 42.8 Å². The van der Waals surface area contributed by atoms with E-state index in [1.165, 1.54) is 32.4 Å². The van der Waals surface area contributed by atoms with E-state index < -0.39 is 0 Å². The molecule has 1 atom stereocenters. The number of rotatable bonds is 9. The highest BCUT2D eigenvalue weighted by atomic mass is 16.1. The second-order valence-corrected chi connectivity index (χ2v) is 8.08. The normalized spacial score (nSPS) is 17.0. The Kier molecular flexibility index (Phi) is 7.13. The van der Waals surface area contributed by atoms with Crippen molar-refractivity contribution in [3.8, 4) is 0 Å². The molecule has 1 unspecified atom stereocenters. The Hall–Kier alpha value is -1.59. The van der Waals surface area contributed by atoms with Crippen LogP contribution in [0, 0.1) is 0 Å². The van der Waals surface area contributed by atoms with Gasteiger partial charge in [-0.15, -0.1) is 0 Å². The van der Waals surface area contributed by atoms with Crippen LogP contribution in [-0.2, 0) is 6.54 Å². The molecule has 1 aliphatic heterocycles. The number of piperidine rings is 1. The van der Waals surface area contributed by atoms with E-state index in [-0.39, 0.29) is 11.7 Å². The summed E-state index contributed by atoms with van der Waals surface area (Å²) in [4.78, 5) is 18.1. The van der Waals surface area contributed by atoms with E-state index in [4.69, 9.17) is 0 Å². The largest absolute Gasteiger partial charge is 0.329 e. The number of imidazole rings is 1. The minimum absolute atomic E-state index is 0.154. The number of likely N-dealkylation sites (tertiary alicyclic amines) is 1. The molecule has 0 radical (unpaired) electrons. The predicted octanol–water partition coefficient (Wildman–Crippen LogP) is 3.58. The minimum Gasteiger partial charge on any atom is -0.307 e. The van der Waals surface area contributed by atoms with Crippen molar-refractivity contribution >= 4 is 11.0 Å². The Morgan fingerprint density at radius 2 is 1.78 bits per heavy atom. The molecule has 0 N–H and O–H groups in total. The molecule has 2 heterocycles. The molecule has 0 aliphatic carbocycles. The van der Waals surface area contributed by atoms with Crippen molar-refractivity contribution in [1.29, 1.82) is 0 Å².